The molecule has 7 heteroatoms. The van der Waals surface area contributed by atoms with Crippen molar-refractivity contribution < 1.29 is 9.47 Å². The predicted molar refractivity (Wildman–Crippen MR) is 138 cm³/mol. The van der Waals surface area contributed by atoms with Gasteiger partial charge >= 0.3 is 0 Å². The van der Waals surface area contributed by atoms with E-state index in [1.807, 2.05) is 43.5 Å². The summed E-state index contributed by atoms with van der Waals surface area (Å²) in [6, 6.07) is 16.3. The van der Waals surface area contributed by atoms with Gasteiger partial charge in [0, 0.05) is 31.7 Å². The Hall–Kier alpha value is -2.55. The monoisotopic (exact) mass is 534 g/mol. The molecule has 0 fully saturated rings. The number of aromatic nitrogens is 1. The van der Waals surface area contributed by atoms with Crippen LogP contribution in [0.2, 0.25) is 0 Å². The van der Waals surface area contributed by atoms with Gasteiger partial charge in [-0.1, -0.05) is 24.3 Å². The summed E-state index contributed by atoms with van der Waals surface area (Å²) in [5, 5.41) is 7.94. The van der Waals surface area contributed by atoms with Crippen molar-refractivity contribution in [2.24, 2.45) is 4.99 Å². The van der Waals surface area contributed by atoms with Crippen LogP contribution in [0.15, 0.2) is 59.7 Å². The number of hydrogen-bond donors (Lipinski definition) is 2. The number of nitrogens with zero attached hydrogens (tertiary/aromatic N) is 2. The standard InChI is InChI=1S/C24H30N4O2.HI/c1-4-30-23-16-18(11-12-22(23)29-3)8-7-14-27-24(25-2)28-17-19-13-15-26-21-10-6-5-9-20(19)21;/h5-6,9-13,15-16H,4,7-8,14,17H2,1-3H3,(H2,25,27,28);1H. The molecule has 2 aromatic carbocycles. The summed E-state index contributed by atoms with van der Waals surface area (Å²) >= 11 is 0. The van der Waals surface area contributed by atoms with Gasteiger partial charge in [-0.15, -0.1) is 24.0 Å². The van der Waals surface area contributed by atoms with E-state index >= 15 is 0 Å². The lowest BCUT2D eigenvalue weighted by Crippen LogP contribution is -2.37. The molecule has 0 aliphatic rings. The van der Waals surface area contributed by atoms with Gasteiger partial charge in [0.15, 0.2) is 17.5 Å². The van der Waals surface area contributed by atoms with E-state index in [0.29, 0.717) is 13.2 Å². The molecule has 3 aromatic rings. The van der Waals surface area contributed by atoms with Crippen molar-refractivity contribution in [3.63, 3.8) is 0 Å². The largest absolute Gasteiger partial charge is 0.493 e. The van der Waals surface area contributed by atoms with Gasteiger partial charge in [-0.3, -0.25) is 9.98 Å². The Balaban J connectivity index is 0.00000341. The second kappa shape index (κ2) is 13.0. The molecular weight excluding hydrogens is 503 g/mol. The first kappa shape index (κ1) is 24.7. The molecule has 0 saturated heterocycles. The van der Waals surface area contributed by atoms with Crippen LogP contribution in [0, 0.1) is 0 Å². The van der Waals surface area contributed by atoms with E-state index in [0.717, 1.165) is 47.7 Å². The highest BCUT2D eigenvalue weighted by Gasteiger charge is 2.06. The van der Waals surface area contributed by atoms with Crippen molar-refractivity contribution in [1.82, 2.24) is 15.6 Å². The predicted octanol–water partition coefficient (Wildman–Crippen LogP) is 4.56. The Bertz CT molecular complexity index is 989. The molecule has 6 nitrogen and oxygen atoms in total. The van der Waals surface area contributed by atoms with Crippen molar-refractivity contribution in [1.29, 1.82) is 0 Å². The van der Waals surface area contributed by atoms with E-state index in [-0.39, 0.29) is 24.0 Å². The minimum absolute atomic E-state index is 0. The average Bonchev–Trinajstić information content (AvgIpc) is 2.79. The fourth-order valence-electron chi connectivity index (χ4n) is 3.35. The molecule has 166 valence electrons. The van der Waals surface area contributed by atoms with Gasteiger partial charge in [-0.05, 0) is 55.2 Å². The summed E-state index contributed by atoms with van der Waals surface area (Å²) in [4.78, 5) is 8.75. The number of ether oxygens (including phenoxy) is 2. The number of methoxy groups -OCH3 is 1. The fraction of sp³-hybridized carbons (Fsp3) is 0.333. The van der Waals surface area contributed by atoms with Gasteiger partial charge in [0.05, 0.1) is 19.2 Å². The van der Waals surface area contributed by atoms with Crippen molar-refractivity contribution in [3.05, 3.63) is 65.9 Å². The van der Waals surface area contributed by atoms with Gasteiger partial charge in [0.1, 0.15) is 0 Å². The number of nitrogens with one attached hydrogen (secondary N) is 2. The third-order valence-corrected chi connectivity index (χ3v) is 4.87. The Morgan fingerprint density at radius 2 is 1.90 bits per heavy atom. The first-order chi connectivity index (χ1) is 14.7. The maximum absolute atomic E-state index is 5.66. The molecule has 1 heterocycles. The minimum Gasteiger partial charge on any atom is -0.493 e. The topological polar surface area (TPSA) is 67.8 Å². The molecule has 0 amide bonds. The fourth-order valence-corrected chi connectivity index (χ4v) is 3.35. The molecular formula is C24H31IN4O2. The second-order valence-corrected chi connectivity index (χ2v) is 6.86. The molecule has 31 heavy (non-hydrogen) atoms. The van der Waals surface area contributed by atoms with Crippen LogP contribution in [0.25, 0.3) is 10.9 Å². The SMILES string of the molecule is CCOc1cc(CCCNC(=NC)NCc2ccnc3ccccc23)ccc1OC.I. The molecule has 0 aliphatic heterocycles. The summed E-state index contributed by atoms with van der Waals surface area (Å²) in [5.74, 6) is 2.36. The Morgan fingerprint density at radius 3 is 2.68 bits per heavy atom. The van der Waals surface area contributed by atoms with E-state index in [1.165, 1.54) is 11.1 Å². The zero-order valence-electron chi connectivity index (χ0n) is 18.4. The number of fused-ring (bicyclic) bond motifs is 1. The van der Waals surface area contributed by atoms with Crippen LogP contribution in [0.5, 0.6) is 11.5 Å². The van der Waals surface area contributed by atoms with Gasteiger partial charge in [0.25, 0.3) is 0 Å². The van der Waals surface area contributed by atoms with E-state index < -0.39 is 0 Å². The summed E-state index contributed by atoms with van der Waals surface area (Å²) in [6.07, 6.45) is 3.78. The molecule has 0 bridgehead atoms. The molecule has 0 radical (unpaired) electrons. The first-order valence-electron chi connectivity index (χ1n) is 10.3. The van der Waals surface area contributed by atoms with E-state index in [9.17, 15) is 0 Å². The van der Waals surface area contributed by atoms with Crippen LogP contribution in [0.4, 0.5) is 0 Å². The lowest BCUT2D eigenvalue weighted by Gasteiger charge is -2.14. The number of guanidine groups is 1. The van der Waals surface area contributed by atoms with E-state index in [4.69, 9.17) is 9.47 Å². The zero-order valence-corrected chi connectivity index (χ0v) is 20.7. The molecule has 0 spiro atoms. The summed E-state index contributed by atoms with van der Waals surface area (Å²) in [6.45, 7) is 4.12. The lowest BCUT2D eigenvalue weighted by atomic mass is 10.1. The summed E-state index contributed by atoms with van der Waals surface area (Å²) < 4.78 is 11.0. The van der Waals surface area contributed by atoms with Crippen LogP contribution >= 0.6 is 24.0 Å². The molecule has 2 N–H and O–H groups in total. The smallest absolute Gasteiger partial charge is 0.191 e. The Kier molecular flexibility index (Phi) is 10.4. The van der Waals surface area contributed by atoms with Gasteiger partial charge in [-0.25, -0.2) is 0 Å². The first-order valence-corrected chi connectivity index (χ1v) is 10.3. The molecule has 0 aliphatic carbocycles. The number of halogens is 1. The molecule has 0 atom stereocenters. The summed E-state index contributed by atoms with van der Waals surface area (Å²) in [5.41, 5.74) is 3.43. The van der Waals surface area contributed by atoms with Gasteiger partial charge in [0.2, 0.25) is 0 Å². The van der Waals surface area contributed by atoms with Gasteiger partial charge in [-0.2, -0.15) is 0 Å². The van der Waals surface area contributed by atoms with Crippen molar-refractivity contribution in [2.75, 3.05) is 27.3 Å². The average molecular weight is 534 g/mol. The minimum atomic E-state index is 0. The van der Waals surface area contributed by atoms with Gasteiger partial charge < -0.3 is 20.1 Å². The highest BCUT2D eigenvalue weighted by atomic mass is 127. The maximum atomic E-state index is 5.66. The highest BCUT2D eigenvalue weighted by molar-refractivity contribution is 14.0. The number of pyridine rings is 1. The number of aliphatic imine (C=N–C) groups is 1. The third-order valence-electron chi connectivity index (χ3n) is 4.87. The van der Waals surface area contributed by atoms with E-state index in [1.54, 1.807) is 14.2 Å². The second-order valence-electron chi connectivity index (χ2n) is 6.86. The van der Waals surface area contributed by atoms with Crippen LogP contribution < -0.4 is 20.1 Å². The van der Waals surface area contributed by atoms with Crippen molar-refractivity contribution in [2.45, 2.75) is 26.3 Å². The molecule has 1 aromatic heterocycles. The molecule has 0 saturated carbocycles. The normalized spacial score (nSPS) is 11.0. The number of benzene rings is 2. The van der Waals surface area contributed by atoms with E-state index in [2.05, 4.69) is 38.8 Å². The number of aryl methyl sites for hydroxylation is 1. The summed E-state index contributed by atoms with van der Waals surface area (Å²) in [7, 11) is 3.45. The van der Waals surface area contributed by atoms with Crippen molar-refractivity contribution >= 4 is 40.8 Å². The Labute approximate surface area is 201 Å². The zero-order chi connectivity index (χ0) is 21.2. The number of hydrogen-bond acceptors (Lipinski definition) is 4. The number of para-hydroxylation sites is 1. The Morgan fingerprint density at radius 1 is 1.06 bits per heavy atom. The number of rotatable bonds is 9. The molecule has 0 unspecified atom stereocenters. The molecule has 3 rings (SSSR count). The van der Waals surface area contributed by atoms with Crippen molar-refractivity contribution in [3.8, 4) is 11.5 Å². The lowest BCUT2D eigenvalue weighted by molar-refractivity contribution is 0.310. The maximum Gasteiger partial charge on any atom is 0.191 e. The van der Waals surface area contributed by atoms with Crippen LogP contribution in [-0.4, -0.2) is 38.3 Å². The van der Waals surface area contributed by atoms with Crippen LogP contribution in [0.3, 0.4) is 0 Å². The third kappa shape index (κ3) is 6.99. The van der Waals surface area contributed by atoms with Crippen LogP contribution in [0.1, 0.15) is 24.5 Å². The quantitative estimate of drug-likeness (QED) is 0.183. The van der Waals surface area contributed by atoms with Crippen LogP contribution in [-0.2, 0) is 13.0 Å². The highest BCUT2D eigenvalue weighted by Crippen LogP contribution is 2.28.